The van der Waals surface area contributed by atoms with Crippen LogP contribution in [-0.4, -0.2) is 11.0 Å². The molecule has 4 nitrogen and oxygen atoms in total. The summed E-state index contributed by atoms with van der Waals surface area (Å²) >= 11 is 0. The fourth-order valence-electron chi connectivity index (χ4n) is 1.28. The average Bonchev–Trinajstić information content (AvgIpc) is 2.10. The highest BCUT2D eigenvalue weighted by molar-refractivity contribution is 5.89. The van der Waals surface area contributed by atoms with Crippen LogP contribution in [0.25, 0.3) is 0 Å². The van der Waals surface area contributed by atoms with Crippen LogP contribution >= 0.6 is 0 Å². The van der Waals surface area contributed by atoms with E-state index in [4.69, 9.17) is 5.73 Å². The van der Waals surface area contributed by atoms with Crippen LogP contribution in [-0.2, 0) is 11.3 Å². The smallest absolute Gasteiger partial charge is 0.221 e. The van der Waals surface area contributed by atoms with Crippen LogP contribution in [0.15, 0.2) is 12.1 Å². The minimum Gasteiger partial charge on any atom is -0.507 e. The number of rotatable bonds is 2. The van der Waals surface area contributed by atoms with E-state index in [1.165, 1.54) is 6.92 Å². The zero-order valence-corrected chi connectivity index (χ0v) is 8.29. The van der Waals surface area contributed by atoms with Gasteiger partial charge in [-0.3, -0.25) is 4.79 Å². The molecule has 0 unspecified atom stereocenters. The Balaban J connectivity index is 3.09. The number of amides is 1. The molecule has 0 fully saturated rings. The largest absolute Gasteiger partial charge is 0.507 e. The maximum Gasteiger partial charge on any atom is 0.221 e. The summed E-state index contributed by atoms with van der Waals surface area (Å²) in [6, 6.07) is 3.37. The second-order valence-electron chi connectivity index (χ2n) is 3.19. The molecular weight excluding hydrogens is 180 g/mol. The highest BCUT2D eigenvalue weighted by Crippen LogP contribution is 2.25. The lowest BCUT2D eigenvalue weighted by molar-refractivity contribution is -0.114. The average molecular weight is 194 g/mol. The highest BCUT2D eigenvalue weighted by Gasteiger charge is 2.06. The SMILES string of the molecule is CC(=O)Nc1cc(C)c(O)c(CN)c1. The van der Waals surface area contributed by atoms with E-state index >= 15 is 0 Å². The van der Waals surface area contributed by atoms with Gasteiger partial charge in [0.2, 0.25) is 5.91 Å². The summed E-state index contributed by atoms with van der Waals surface area (Å²) in [7, 11) is 0. The van der Waals surface area contributed by atoms with Gasteiger partial charge in [-0.15, -0.1) is 0 Å². The number of nitrogens with two attached hydrogens (primary N) is 1. The van der Waals surface area contributed by atoms with Crippen LogP contribution in [0.4, 0.5) is 5.69 Å². The molecule has 0 aliphatic rings. The minimum absolute atomic E-state index is 0.141. The molecule has 0 atom stereocenters. The molecule has 4 N–H and O–H groups in total. The standard InChI is InChI=1S/C10H14N2O2/c1-6-3-9(12-7(2)13)4-8(5-11)10(6)14/h3-4,14H,5,11H2,1-2H3,(H,12,13). The number of hydrogen-bond donors (Lipinski definition) is 3. The minimum atomic E-state index is -0.141. The van der Waals surface area contributed by atoms with Crippen molar-refractivity contribution in [1.29, 1.82) is 0 Å². The fraction of sp³-hybridized carbons (Fsp3) is 0.300. The molecule has 0 saturated heterocycles. The fourth-order valence-corrected chi connectivity index (χ4v) is 1.28. The number of anilines is 1. The molecule has 14 heavy (non-hydrogen) atoms. The first-order valence-electron chi connectivity index (χ1n) is 4.34. The summed E-state index contributed by atoms with van der Waals surface area (Å²) in [5.74, 6) is 0.0552. The molecule has 4 heteroatoms. The molecule has 1 rings (SSSR count). The Morgan fingerprint density at radius 2 is 2.21 bits per heavy atom. The number of phenols is 1. The highest BCUT2D eigenvalue weighted by atomic mass is 16.3. The lowest BCUT2D eigenvalue weighted by Gasteiger charge is -2.09. The number of nitrogens with one attached hydrogen (secondary N) is 1. The van der Waals surface area contributed by atoms with Gasteiger partial charge in [0.25, 0.3) is 0 Å². The van der Waals surface area contributed by atoms with Crippen molar-refractivity contribution in [2.45, 2.75) is 20.4 Å². The van der Waals surface area contributed by atoms with Crippen molar-refractivity contribution < 1.29 is 9.90 Å². The third-order valence-corrected chi connectivity index (χ3v) is 1.92. The number of phenolic OH excluding ortho intramolecular Hbond substituents is 1. The van der Waals surface area contributed by atoms with E-state index in [1.807, 2.05) is 0 Å². The van der Waals surface area contributed by atoms with Crippen LogP contribution < -0.4 is 11.1 Å². The van der Waals surface area contributed by atoms with E-state index < -0.39 is 0 Å². The molecule has 0 radical (unpaired) electrons. The Hall–Kier alpha value is -1.55. The van der Waals surface area contributed by atoms with Gasteiger partial charge >= 0.3 is 0 Å². The quantitative estimate of drug-likeness (QED) is 0.617. The normalized spacial score (nSPS) is 9.93. The first-order chi connectivity index (χ1) is 6.54. The van der Waals surface area contributed by atoms with E-state index in [9.17, 15) is 9.90 Å². The topological polar surface area (TPSA) is 75.3 Å². The van der Waals surface area contributed by atoms with Gasteiger partial charge in [-0.25, -0.2) is 0 Å². The number of carbonyl (C=O) groups excluding carboxylic acids is 1. The molecule has 0 spiro atoms. The molecule has 0 saturated carbocycles. The number of aryl methyl sites for hydroxylation is 1. The van der Waals surface area contributed by atoms with Crippen LogP contribution in [0.2, 0.25) is 0 Å². The van der Waals surface area contributed by atoms with Crippen molar-refractivity contribution in [1.82, 2.24) is 0 Å². The molecule has 0 bridgehead atoms. The van der Waals surface area contributed by atoms with Crippen molar-refractivity contribution in [3.63, 3.8) is 0 Å². The van der Waals surface area contributed by atoms with E-state index in [0.29, 0.717) is 16.8 Å². The van der Waals surface area contributed by atoms with Crippen LogP contribution in [0.5, 0.6) is 5.75 Å². The van der Waals surface area contributed by atoms with Crippen molar-refractivity contribution in [2.75, 3.05) is 5.32 Å². The van der Waals surface area contributed by atoms with Crippen molar-refractivity contribution in [3.05, 3.63) is 23.3 Å². The predicted molar refractivity (Wildman–Crippen MR) is 55.0 cm³/mol. The maximum atomic E-state index is 10.8. The predicted octanol–water partition coefficient (Wildman–Crippen LogP) is 1.12. The number of hydrogen-bond acceptors (Lipinski definition) is 3. The Labute approximate surface area is 82.7 Å². The number of benzene rings is 1. The lowest BCUT2D eigenvalue weighted by Crippen LogP contribution is -2.07. The molecule has 0 aliphatic heterocycles. The molecule has 0 heterocycles. The third-order valence-electron chi connectivity index (χ3n) is 1.92. The van der Waals surface area contributed by atoms with Crippen LogP contribution in [0.1, 0.15) is 18.1 Å². The monoisotopic (exact) mass is 194 g/mol. The van der Waals surface area contributed by atoms with Gasteiger partial charge in [-0.2, -0.15) is 0 Å². The molecule has 0 aromatic heterocycles. The summed E-state index contributed by atoms with van der Waals surface area (Å²) in [5.41, 5.74) is 7.45. The van der Waals surface area contributed by atoms with Gasteiger partial charge in [-0.1, -0.05) is 0 Å². The zero-order chi connectivity index (χ0) is 10.7. The van der Waals surface area contributed by atoms with Crippen molar-refractivity contribution >= 4 is 11.6 Å². The Morgan fingerprint density at radius 1 is 1.57 bits per heavy atom. The molecule has 1 aromatic carbocycles. The second kappa shape index (κ2) is 4.11. The van der Waals surface area contributed by atoms with E-state index in [1.54, 1.807) is 19.1 Å². The van der Waals surface area contributed by atoms with Crippen LogP contribution in [0.3, 0.4) is 0 Å². The Bertz CT molecular complexity index is 361. The van der Waals surface area contributed by atoms with E-state index in [2.05, 4.69) is 5.32 Å². The number of aromatic hydroxyl groups is 1. The van der Waals surface area contributed by atoms with Gasteiger partial charge in [0.1, 0.15) is 5.75 Å². The van der Waals surface area contributed by atoms with Crippen molar-refractivity contribution in [3.8, 4) is 5.75 Å². The van der Waals surface area contributed by atoms with Gasteiger partial charge in [0.15, 0.2) is 0 Å². The summed E-state index contributed by atoms with van der Waals surface area (Å²) < 4.78 is 0. The Kier molecular flexibility index (Phi) is 3.09. The zero-order valence-electron chi connectivity index (χ0n) is 8.29. The lowest BCUT2D eigenvalue weighted by atomic mass is 10.1. The van der Waals surface area contributed by atoms with Gasteiger partial charge in [-0.05, 0) is 24.6 Å². The first kappa shape index (κ1) is 10.5. The molecule has 1 aromatic rings. The van der Waals surface area contributed by atoms with Crippen LogP contribution in [0, 0.1) is 6.92 Å². The third kappa shape index (κ3) is 2.23. The van der Waals surface area contributed by atoms with Gasteiger partial charge < -0.3 is 16.2 Å². The van der Waals surface area contributed by atoms with Gasteiger partial charge in [0, 0.05) is 24.7 Å². The molecule has 1 amide bonds. The van der Waals surface area contributed by atoms with Crippen molar-refractivity contribution in [2.24, 2.45) is 5.73 Å². The second-order valence-corrected chi connectivity index (χ2v) is 3.19. The summed E-state index contributed by atoms with van der Waals surface area (Å²) in [6.07, 6.45) is 0. The Morgan fingerprint density at radius 3 is 2.71 bits per heavy atom. The number of carbonyl (C=O) groups is 1. The summed E-state index contributed by atoms with van der Waals surface area (Å²) in [6.45, 7) is 3.45. The first-order valence-corrected chi connectivity index (χ1v) is 4.34. The van der Waals surface area contributed by atoms with E-state index in [-0.39, 0.29) is 18.2 Å². The molecular formula is C10H14N2O2. The molecule has 0 aliphatic carbocycles. The summed E-state index contributed by atoms with van der Waals surface area (Å²) in [4.78, 5) is 10.8. The van der Waals surface area contributed by atoms with Gasteiger partial charge in [0.05, 0.1) is 0 Å². The molecule has 76 valence electrons. The summed E-state index contributed by atoms with van der Waals surface area (Å²) in [5, 5.41) is 12.2. The van der Waals surface area contributed by atoms with E-state index in [0.717, 1.165) is 0 Å². The maximum absolute atomic E-state index is 10.8.